The maximum atomic E-state index is 15.0. The molecule has 0 saturated carbocycles. The molecule has 3 N–H and O–H groups in total. The molecule has 3 amide bonds. The number of hydrogen-bond acceptors (Lipinski definition) is 4. The normalized spacial score (nSPS) is 19.1. The molecule has 3 atom stereocenters. The van der Waals surface area contributed by atoms with Crippen LogP contribution in [-0.2, 0) is 6.18 Å². The molecule has 218 valence electrons. The van der Waals surface area contributed by atoms with E-state index in [2.05, 4.69) is 10.6 Å². The average molecular weight is 588 g/mol. The van der Waals surface area contributed by atoms with E-state index < -0.39 is 53.5 Å². The number of carboxylic acids is 1. The van der Waals surface area contributed by atoms with Crippen LogP contribution < -0.4 is 15.4 Å². The van der Waals surface area contributed by atoms with Crippen molar-refractivity contribution < 1.29 is 46.2 Å². The van der Waals surface area contributed by atoms with E-state index in [4.69, 9.17) is 9.84 Å². The molecule has 1 saturated heterocycles. The lowest BCUT2D eigenvalue weighted by atomic mass is 9.99. The van der Waals surface area contributed by atoms with Crippen LogP contribution in [0.4, 0.5) is 32.4 Å². The van der Waals surface area contributed by atoms with E-state index in [1.165, 1.54) is 42.3 Å². The number of carboxylic acid groups (broad SMARTS) is 1. The summed E-state index contributed by atoms with van der Waals surface area (Å²) < 4.78 is 73.3. The molecule has 2 aliphatic rings. The highest BCUT2D eigenvalue weighted by Crippen LogP contribution is 2.38. The Labute approximate surface area is 235 Å². The van der Waals surface area contributed by atoms with Crippen molar-refractivity contribution in [2.24, 2.45) is 5.92 Å². The summed E-state index contributed by atoms with van der Waals surface area (Å²) in [6, 6.07) is 8.40. The number of urea groups is 1. The van der Waals surface area contributed by atoms with E-state index in [-0.39, 0.29) is 34.0 Å². The number of benzene rings is 3. The van der Waals surface area contributed by atoms with Gasteiger partial charge in [-0.25, -0.2) is 18.4 Å². The van der Waals surface area contributed by atoms with Gasteiger partial charge in [0.15, 0.2) is 0 Å². The number of carbonyl (C=O) groups excluding carboxylic acids is 2. The number of amides is 3. The highest BCUT2D eigenvalue weighted by Gasteiger charge is 2.46. The number of hydrogen-bond donors (Lipinski definition) is 3. The molecule has 0 radical (unpaired) electrons. The molecule has 3 aromatic carbocycles. The van der Waals surface area contributed by atoms with E-state index in [0.29, 0.717) is 24.1 Å². The second-order valence-corrected chi connectivity index (χ2v) is 9.71. The molecule has 3 unspecified atom stereocenters. The number of likely N-dealkylation sites (tertiary alicyclic amines) is 1. The van der Waals surface area contributed by atoms with Gasteiger partial charge in [-0.05, 0) is 48.4 Å². The number of alkyl halides is 3. The molecule has 0 aromatic heterocycles. The van der Waals surface area contributed by atoms with Crippen molar-refractivity contribution in [3.05, 3.63) is 95.1 Å². The Morgan fingerprint density at radius 1 is 0.976 bits per heavy atom. The van der Waals surface area contributed by atoms with Gasteiger partial charge >= 0.3 is 18.2 Å². The highest BCUT2D eigenvalue weighted by atomic mass is 19.4. The van der Waals surface area contributed by atoms with E-state index in [1.807, 2.05) is 0 Å². The fourth-order valence-corrected chi connectivity index (χ4v) is 5.15. The van der Waals surface area contributed by atoms with Crippen LogP contribution >= 0.6 is 0 Å². The quantitative estimate of drug-likeness (QED) is 0.246. The fraction of sp³-hybridized carbons (Fsp3) is 0.207. The van der Waals surface area contributed by atoms with Gasteiger partial charge in [0, 0.05) is 23.2 Å². The number of fused-ring (bicyclic) bond motifs is 2. The van der Waals surface area contributed by atoms with Gasteiger partial charge in [-0.15, -0.1) is 0 Å². The number of rotatable bonds is 6. The number of ether oxygens (including phenoxy) is 1. The maximum Gasteiger partial charge on any atom is 0.419 e. The molecule has 2 bridgehead atoms. The third kappa shape index (κ3) is 5.37. The van der Waals surface area contributed by atoms with Crippen molar-refractivity contribution in [3.63, 3.8) is 0 Å². The van der Waals surface area contributed by atoms with E-state index in [0.717, 1.165) is 12.1 Å². The van der Waals surface area contributed by atoms with Crippen LogP contribution in [0.15, 0.2) is 66.7 Å². The lowest BCUT2D eigenvalue weighted by molar-refractivity contribution is -0.139. The number of aromatic carboxylic acids is 1. The molecule has 8 nitrogen and oxygen atoms in total. The summed E-state index contributed by atoms with van der Waals surface area (Å²) in [6.45, 7) is 0. The van der Waals surface area contributed by atoms with Crippen molar-refractivity contribution in [2.75, 3.05) is 12.4 Å². The third-order valence-electron chi connectivity index (χ3n) is 7.17. The van der Waals surface area contributed by atoms with Crippen molar-refractivity contribution in [1.29, 1.82) is 0 Å². The first-order valence-electron chi connectivity index (χ1n) is 12.5. The monoisotopic (exact) mass is 587 g/mol. The van der Waals surface area contributed by atoms with Gasteiger partial charge in [0.25, 0.3) is 5.91 Å². The molecule has 42 heavy (non-hydrogen) atoms. The zero-order valence-electron chi connectivity index (χ0n) is 21.7. The number of carbonyl (C=O) groups is 3. The minimum absolute atomic E-state index is 0.00268. The van der Waals surface area contributed by atoms with Gasteiger partial charge in [-0.1, -0.05) is 24.3 Å². The average Bonchev–Trinajstić information content (AvgIpc) is 3.55. The van der Waals surface area contributed by atoms with E-state index in [1.54, 1.807) is 12.2 Å². The first-order valence-corrected chi connectivity index (χ1v) is 12.5. The van der Waals surface area contributed by atoms with E-state index in [9.17, 15) is 36.3 Å². The van der Waals surface area contributed by atoms with Gasteiger partial charge < -0.3 is 20.5 Å². The van der Waals surface area contributed by atoms with E-state index >= 15 is 0 Å². The minimum Gasteiger partial charge on any atom is -0.496 e. The van der Waals surface area contributed by atoms with Crippen LogP contribution in [-0.4, -0.2) is 47.2 Å². The molecule has 3 aromatic rings. The number of anilines is 1. The van der Waals surface area contributed by atoms with Crippen LogP contribution in [0, 0.1) is 17.6 Å². The Morgan fingerprint density at radius 3 is 2.33 bits per heavy atom. The summed E-state index contributed by atoms with van der Waals surface area (Å²) in [6.07, 6.45) is -1.91. The predicted molar refractivity (Wildman–Crippen MR) is 140 cm³/mol. The molecular formula is C29H22F5N3O5. The molecule has 1 aliphatic heterocycles. The summed E-state index contributed by atoms with van der Waals surface area (Å²) in [5, 5.41) is 14.2. The number of methoxy groups -OCH3 is 1. The Balaban J connectivity index is 1.40. The van der Waals surface area contributed by atoms with Gasteiger partial charge in [0.2, 0.25) is 0 Å². The van der Waals surface area contributed by atoms with Gasteiger partial charge in [-0.3, -0.25) is 9.69 Å². The summed E-state index contributed by atoms with van der Waals surface area (Å²) in [7, 11) is 1.24. The van der Waals surface area contributed by atoms with Gasteiger partial charge in [0.05, 0.1) is 29.8 Å². The highest BCUT2D eigenvalue weighted by molar-refractivity contribution is 5.99. The second kappa shape index (κ2) is 10.8. The molecule has 5 rings (SSSR count). The molecule has 1 fully saturated rings. The molecule has 1 heterocycles. The maximum absolute atomic E-state index is 15.0. The zero-order chi connectivity index (χ0) is 30.3. The largest absolute Gasteiger partial charge is 0.496 e. The van der Waals surface area contributed by atoms with Gasteiger partial charge in [-0.2, -0.15) is 13.2 Å². The Morgan fingerprint density at radius 2 is 1.69 bits per heavy atom. The standard InChI is InChI=1S/C29H22F5N3O5/c1-42-24-13-23(31)19(14-2-4-15(5-3-14)27(39)40)12-20(24)26(38)36-25-16-6-8-18(10-16)37(25)28(41)35-17-7-9-22(30)21(11-17)29(32,33)34/h2-9,11-13,16,18,25H,10H2,1H3,(H,35,41)(H,36,38)(H,39,40). The zero-order valence-corrected chi connectivity index (χ0v) is 21.7. The number of halogens is 5. The van der Waals surface area contributed by atoms with Crippen molar-refractivity contribution in [2.45, 2.75) is 24.8 Å². The van der Waals surface area contributed by atoms with Gasteiger partial charge in [0.1, 0.15) is 23.5 Å². The Hall–Kier alpha value is -4.94. The predicted octanol–water partition coefficient (Wildman–Crippen LogP) is 5.91. The topological polar surface area (TPSA) is 108 Å². The third-order valence-corrected chi connectivity index (χ3v) is 7.17. The van der Waals surface area contributed by atoms with Crippen LogP contribution in [0.2, 0.25) is 0 Å². The Kier molecular flexibility index (Phi) is 7.35. The number of nitrogens with one attached hydrogen (secondary N) is 2. The van der Waals surface area contributed by atoms with Crippen molar-refractivity contribution in [3.8, 4) is 16.9 Å². The Bertz CT molecular complexity index is 1610. The first kappa shape index (κ1) is 28.6. The smallest absolute Gasteiger partial charge is 0.419 e. The summed E-state index contributed by atoms with van der Waals surface area (Å²) >= 11 is 0. The SMILES string of the molecule is COc1cc(F)c(-c2ccc(C(=O)O)cc2)cc1C(=O)NC1C2C=CC(C2)N1C(=O)Nc1ccc(F)c(C(F)(F)F)c1. The first-order chi connectivity index (χ1) is 19.9. The summed E-state index contributed by atoms with van der Waals surface area (Å²) in [4.78, 5) is 39.1. The van der Waals surface area contributed by atoms with Crippen molar-refractivity contribution >= 4 is 23.6 Å². The summed E-state index contributed by atoms with van der Waals surface area (Å²) in [5.41, 5.74) is -1.61. The molecular weight excluding hydrogens is 565 g/mol. The minimum atomic E-state index is -4.97. The van der Waals surface area contributed by atoms with Crippen LogP contribution in [0.3, 0.4) is 0 Å². The summed E-state index contributed by atoms with van der Waals surface area (Å²) in [5.74, 6) is -4.52. The number of nitrogens with zero attached hydrogens (tertiary/aromatic N) is 1. The molecule has 1 aliphatic carbocycles. The molecule has 13 heteroatoms. The fourth-order valence-electron chi connectivity index (χ4n) is 5.15. The second-order valence-electron chi connectivity index (χ2n) is 9.71. The van der Waals surface area contributed by atoms with Crippen LogP contribution in [0.1, 0.15) is 32.7 Å². The van der Waals surface area contributed by atoms with Crippen molar-refractivity contribution in [1.82, 2.24) is 10.2 Å². The molecule has 0 spiro atoms. The lowest BCUT2D eigenvalue weighted by Gasteiger charge is -2.33. The van der Waals surface area contributed by atoms with Crippen LogP contribution in [0.25, 0.3) is 11.1 Å². The van der Waals surface area contributed by atoms with Crippen LogP contribution in [0.5, 0.6) is 5.75 Å². The lowest BCUT2D eigenvalue weighted by Crippen LogP contribution is -2.54.